The predicted octanol–water partition coefficient (Wildman–Crippen LogP) is 1.96. The standard InChI is InChI=1S/C11H19F2NO2/c1-7(2)4-8(3)14-6-9-5-11(12,13)10(15)16-9/h7-9,14H,4-6H2,1-3H3. The zero-order valence-corrected chi connectivity index (χ0v) is 9.93. The molecule has 1 rings (SSSR count). The smallest absolute Gasteiger partial charge is 0.377 e. The molecule has 0 spiro atoms. The van der Waals surface area contributed by atoms with Gasteiger partial charge in [0.2, 0.25) is 0 Å². The Morgan fingerprint density at radius 1 is 1.50 bits per heavy atom. The van der Waals surface area contributed by atoms with Crippen molar-refractivity contribution >= 4 is 5.97 Å². The van der Waals surface area contributed by atoms with Gasteiger partial charge in [0.25, 0.3) is 0 Å². The molecule has 1 saturated heterocycles. The van der Waals surface area contributed by atoms with Gasteiger partial charge in [-0.1, -0.05) is 13.8 Å². The second kappa shape index (κ2) is 5.08. The number of hydrogen-bond acceptors (Lipinski definition) is 3. The van der Waals surface area contributed by atoms with E-state index in [1.165, 1.54) is 0 Å². The van der Waals surface area contributed by atoms with Crippen LogP contribution in [0, 0.1) is 5.92 Å². The fourth-order valence-corrected chi connectivity index (χ4v) is 1.89. The van der Waals surface area contributed by atoms with Crippen LogP contribution >= 0.6 is 0 Å². The van der Waals surface area contributed by atoms with E-state index < -0.39 is 24.4 Å². The second-order valence-electron chi connectivity index (χ2n) is 4.87. The second-order valence-corrected chi connectivity index (χ2v) is 4.87. The van der Waals surface area contributed by atoms with E-state index in [0.29, 0.717) is 12.5 Å². The molecule has 0 bridgehead atoms. The van der Waals surface area contributed by atoms with Crippen LogP contribution in [0.15, 0.2) is 0 Å². The quantitative estimate of drug-likeness (QED) is 0.740. The molecule has 0 aliphatic carbocycles. The van der Waals surface area contributed by atoms with E-state index in [1.54, 1.807) is 0 Å². The van der Waals surface area contributed by atoms with E-state index >= 15 is 0 Å². The summed E-state index contributed by atoms with van der Waals surface area (Å²) in [5, 5.41) is 3.10. The molecule has 2 atom stereocenters. The summed E-state index contributed by atoms with van der Waals surface area (Å²) < 4.78 is 30.2. The molecule has 0 aromatic carbocycles. The van der Waals surface area contributed by atoms with Crippen LogP contribution in [-0.4, -0.2) is 30.6 Å². The highest BCUT2D eigenvalue weighted by Gasteiger charge is 2.50. The first-order valence-corrected chi connectivity index (χ1v) is 5.63. The van der Waals surface area contributed by atoms with Gasteiger partial charge in [-0.05, 0) is 19.3 Å². The number of rotatable bonds is 5. The van der Waals surface area contributed by atoms with Gasteiger partial charge in [-0.15, -0.1) is 0 Å². The molecule has 1 aliphatic heterocycles. The lowest BCUT2D eigenvalue weighted by atomic mass is 10.1. The molecule has 3 nitrogen and oxygen atoms in total. The summed E-state index contributed by atoms with van der Waals surface area (Å²) in [4.78, 5) is 10.7. The van der Waals surface area contributed by atoms with Crippen molar-refractivity contribution in [2.24, 2.45) is 5.92 Å². The Balaban J connectivity index is 2.27. The van der Waals surface area contributed by atoms with Crippen molar-refractivity contribution in [1.29, 1.82) is 0 Å². The van der Waals surface area contributed by atoms with Crippen LogP contribution in [0.25, 0.3) is 0 Å². The summed E-state index contributed by atoms with van der Waals surface area (Å²) >= 11 is 0. The van der Waals surface area contributed by atoms with Crippen molar-refractivity contribution < 1.29 is 18.3 Å². The van der Waals surface area contributed by atoms with Gasteiger partial charge >= 0.3 is 11.9 Å². The van der Waals surface area contributed by atoms with Crippen LogP contribution in [0.5, 0.6) is 0 Å². The lowest BCUT2D eigenvalue weighted by Gasteiger charge is -2.17. The van der Waals surface area contributed by atoms with Gasteiger partial charge in [0.15, 0.2) is 0 Å². The van der Waals surface area contributed by atoms with E-state index in [0.717, 1.165) is 6.42 Å². The highest BCUT2D eigenvalue weighted by atomic mass is 19.3. The fraction of sp³-hybridized carbons (Fsp3) is 0.909. The zero-order valence-electron chi connectivity index (χ0n) is 9.93. The number of halogens is 2. The van der Waals surface area contributed by atoms with Crippen molar-refractivity contribution in [3.05, 3.63) is 0 Å². The van der Waals surface area contributed by atoms with Crippen LogP contribution < -0.4 is 5.32 Å². The molecular weight excluding hydrogens is 216 g/mol. The Kier molecular flexibility index (Phi) is 4.24. The molecule has 16 heavy (non-hydrogen) atoms. The molecule has 2 unspecified atom stereocenters. The van der Waals surface area contributed by atoms with Crippen LogP contribution in [0.3, 0.4) is 0 Å². The van der Waals surface area contributed by atoms with Gasteiger partial charge in [0.05, 0.1) is 6.42 Å². The highest BCUT2D eigenvalue weighted by Crippen LogP contribution is 2.30. The maximum atomic E-state index is 12.8. The van der Waals surface area contributed by atoms with Gasteiger partial charge in [0.1, 0.15) is 6.10 Å². The van der Waals surface area contributed by atoms with E-state index in [9.17, 15) is 13.6 Å². The molecule has 0 aromatic heterocycles. The van der Waals surface area contributed by atoms with Crippen molar-refractivity contribution in [3.63, 3.8) is 0 Å². The van der Waals surface area contributed by atoms with Crippen molar-refractivity contribution in [3.8, 4) is 0 Å². The van der Waals surface area contributed by atoms with Crippen LogP contribution in [0.2, 0.25) is 0 Å². The Morgan fingerprint density at radius 3 is 2.56 bits per heavy atom. The van der Waals surface area contributed by atoms with Gasteiger partial charge in [-0.25, -0.2) is 4.79 Å². The summed E-state index contributed by atoms with van der Waals surface area (Å²) in [6.07, 6.45) is -0.235. The first-order valence-electron chi connectivity index (χ1n) is 5.63. The molecule has 0 radical (unpaired) electrons. The van der Waals surface area contributed by atoms with Gasteiger partial charge in [-0.2, -0.15) is 8.78 Å². The number of ether oxygens (including phenoxy) is 1. The summed E-state index contributed by atoms with van der Waals surface area (Å²) in [7, 11) is 0. The van der Waals surface area contributed by atoms with Crippen LogP contribution in [0.1, 0.15) is 33.6 Å². The number of cyclic esters (lactones) is 1. The number of alkyl halides is 2. The molecule has 0 aromatic rings. The van der Waals surface area contributed by atoms with Crippen molar-refractivity contribution in [1.82, 2.24) is 5.32 Å². The number of esters is 1. The average molecular weight is 235 g/mol. The third-order valence-corrected chi connectivity index (χ3v) is 2.58. The molecule has 1 heterocycles. The number of carbonyl (C=O) groups excluding carboxylic acids is 1. The average Bonchev–Trinajstić information content (AvgIpc) is 2.36. The molecule has 0 saturated carbocycles. The zero-order chi connectivity index (χ0) is 12.3. The third-order valence-electron chi connectivity index (χ3n) is 2.58. The normalized spacial score (nSPS) is 25.9. The monoisotopic (exact) mass is 235 g/mol. The number of nitrogens with one attached hydrogen (secondary N) is 1. The SMILES string of the molecule is CC(C)CC(C)NCC1CC(F)(F)C(=O)O1. The van der Waals surface area contributed by atoms with Crippen LogP contribution in [-0.2, 0) is 9.53 Å². The van der Waals surface area contributed by atoms with E-state index in [1.807, 2.05) is 6.92 Å². The number of carbonyl (C=O) groups is 1. The molecule has 5 heteroatoms. The highest BCUT2D eigenvalue weighted by molar-refractivity contribution is 5.79. The topological polar surface area (TPSA) is 38.3 Å². The molecular formula is C11H19F2NO2. The summed E-state index contributed by atoms with van der Waals surface area (Å²) in [5.74, 6) is -4.14. The Labute approximate surface area is 94.5 Å². The molecule has 1 aliphatic rings. The molecule has 0 amide bonds. The maximum absolute atomic E-state index is 12.8. The van der Waals surface area contributed by atoms with Gasteiger partial charge < -0.3 is 10.1 Å². The molecule has 1 N–H and O–H groups in total. The van der Waals surface area contributed by atoms with E-state index in [2.05, 4.69) is 23.9 Å². The van der Waals surface area contributed by atoms with Gasteiger partial charge in [-0.3, -0.25) is 0 Å². The minimum atomic E-state index is -3.30. The van der Waals surface area contributed by atoms with Crippen molar-refractivity contribution in [2.45, 2.75) is 51.7 Å². The van der Waals surface area contributed by atoms with E-state index in [-0.39, 0.29) is 6.04 Å². The first-order chi connectivity index (χ1) is 7.31. The summed E-state index contributed by atoms with van der Waals surface area (Å²) in [6, 6.07) is 0.243. The number of hydrogen-bond donors (Lipinski definition) is 1. The van der Waals surface area contributed by atoms with Crippen molar-refractivity contribution in [2.75, 3.05) is 6.54 Å². The van der Waals surface area contributed by atoms with Gasteiger partial charge in [0, 0.05) is 12.6 Å². The molecule has 1 fully saturated rings. The van der Waals surface area contributed by atoms with Crippen LogP contribution in [0.4, 0.5) is 8.78 Å². The van der Waals surface area contributed by atoms with E-state index in [4.69, 9.17) is 0 Å². The third kappa shape index (κ3) is 3.70. The molecule has 94 valence electrons. The lowest BCUT2D eigenvalue weighted by molar-refractivity contribution is -0.159. The predicted molar refractivity (Wildman–Crippen MR) is 56.4 cm³/mol. The Bertz CT molecular complexity index is 256. The fourth-order valence-electron chi connectivity index (χ4n) is 1.89. The minimum Gasteiger partial charge on any atom is -0.456 e. The minimum absolute atomic E-state index is 0.243. The Hall–Kier alpha value is -0.710. The summed E-state index contributed by atoms with van der Waals surface area (Å²) in [6.45, 7) is 6.49. The first kappa shape index (κ1) is 13.4. The Morgan fingerprint density at radius 2 is 2.12 bits per heavy atom. The lowest BCUT2D eigenvalue weighted by Crippen LogP contribution is -2.34. The maximum Gasteiger partial charge on any atom is 0.377 e. The largest absolute Gasteiger partial charge is 0.456 e. The summed E-state index contributed by atoms with van der Waals surface area (Å²) in [5.41, 5.74) is 0.